The molecule has 0 fully saturated rings. The standard InChI is InChI=1S/C29H27F3N4O4/c1-18-7-6-10-29(2,40-16-19-8-4-3-5-9-19)36-17-34(18)28(39)25-13-26(37)22(15-35(25)36)27(38)33-14-21-23(31)11-20(30)12-24(21)32/h3-9,11-13,15,18H,10,14,16-17H2,1-2H3,(H,33,38). The Hall–Kier alpha value is -4.38. The van der Waals surface area contributed by atoms with Crippen molar-refractivity contribution in [3.63, 3.8) is 0 Å². The molecule has 2 unspecified atom stereocenters. The summed E-state index contributed by atoms with van der Waals surface area (Å²) in [4.78, 5) is 41.0. The van der Waals surface area contributed by atoms with Crippen LogP contribution in [0.25, 0.3) is 0 Å². The van der Waals surface area contributed by atoms with E-state index in [1.807, 2.05) is 56.3 Å². The molecule has 2 aromatic carbocycles. The van der Waals surface area contributed by atoms with Crippen LogP contribution < -0.4 is 15.8 Å². The number of carbonyl (C=O) groups excluding carboxylic acids is 2. The maximum Gasteiger partial charge on any atom is 0.274 e. The Kier molecular flexibility index (Phi) is 7.24. The monoisotopic (exact) mass is 552 g/mol. The molecule has 2 bridgehead atoms. The summed E-state index contributed by atoms with van der Waals surface area (Å²) >= 11 is 0. The van der Waals surface area contributed by atoms with E-state index in [-0.39, 0.29) is 30.6 Å². The fourth-order valence-corrected chi connectivity index (χ4v) is 4.81. The molecule has 3 aromatic rings. The van der Waals surface area contributed by atoms with Crippen LogP contribution in [-0.4, -0.2) is 39.8 Å². The Morgan fingerprint density at radius 3 is 2.50 bits per heavy atom. The van der Waals surface area contributed by atoms with Gasteiger partial charge in [0.2, 0.25) is 0 Å². The van der Waals surface area contributed by atoms with Crippen molar-refractivity contribution >= 4 is 11.8 Å². The molecular weight excluding hydrogens is 525 g/mol. The van der Waals surface area contributed by atoms with E-state index in [2.05, 4.69) is 5.32 Å². The van der Waals surface area contributed by atoms with Gasteiger partial charge in [0, 0.05) is 49.0 Å². The average molecular weight is 553 g/mol. The van der Waals surface area contributed by atoms with Crippen LogP contribution in [0.4, 0.5) is 13.2 Å². The number of amides is 2. The number of hydrogen-bond acceptors (Lipinski definition) is 5. The van der Waals surface area contributed by atoms with E-state index >= 15 is 0 Å². The number of benzene rings is 2. The van der Waals surface area contributed by atoms with Crippen molar-refractivity contribution in [2.75, 3.05) is 11.7 Å². The Labute approximate surface area is 228 Å². The van der Waals surface area contributed by atoms with Gasteiger partial charge >= 0.3 is 0 Å². The van der Waals surface area contributed by atoms with E-state index < -0.39 is 52.5 Å². The van der Waals surface area contributed by atoms with E-state index in [4.69, 9.17) is 4.74 Å². The quantitative estimate of drug-likeness (QED) is 0.470. The smallest absolute Gasteiger partial charge is 0.274 e. The summed E-state index contributed by atoms with van der Waals surface area (Å²) in [6.07, 6.45) is 5.50. The number of carbonyl (C=O) groups is 2. The van der Waals surface area contributed by atoms with Gasteiger partial charge in [-0.25, -0.2) is 13.2 Å². The molecule has 40 heavy (non-hydrogen) atoms. The minimum absolute atomic E-state index is 0.0418. The first-order valence-corrected chi connectivity index (χ1v) is 12.7. The second-order valence-corrected chi connectivity index (χ2v) is 9.95. The summed E-state index contributed by atoms with van der Waals surface area (Å²) in [5.41, 5.74) is -1.66. The van der Waals surface area contributed by atoms with E-state index in [1.165, 1.54) is 10.9 Å². The van der Waals surface area contributed by atoms with Crippen LogP contribution in [0.1, 0.15) is 52.2 Å². The molecule has 1 N–H and O–H groups in total. The van der Waals surface area contributed by atoms with Crippen LogP contribution in [0.2, 0.25) is 0 Å². The lowest BCUT2D eigenvalue weighted by atomic mass is 10.1. The lowest BCUT2D eigenvalue weighted by Gasteiger charge is -2.50. The zero-order valence-corrected chi connectivity index (χ0v) is 21.9. The highest BCUT2D eigenvalue weighted by atomic mass is 19.1. The normalized spacial score (nSPS) is 20.1. The van der Waals surface area contributed by atoms with Gasteiger partial charge in [0.05, 0.1) is 6.61 Å². The molecule has 1 aromatic heterocycles. The molecule has 8 nitrogen and oxygen atoms in total. The molecule has 11 heteroatoms. The molecule has 2 amide bonds. The van der Waals surface area contributed by atoms with Crippen LogP contribution in [0.3, 0.4) is 0 Å². The molecule has 2 atom stereocenters. The lowest BCUT2D eigenvalue weighted by Crippen LogP contribution is -2.65. The molecule has 0 saturated carbocycles. The van der Waals surface area contributed by atoms with Gasteiger partial charge in [-0.15, -0.1) is 0 Å². The maximum absolute atomic E-state index is 14.1. The van der Waals surface area contributed by atoms with Gasteiger partial charge in [0.1, 0.15) is 35.4 Å². The highest BCUT2D eigenvalue weighted by molar-refractivity contribution is 5.97. The Morgan fingerprint density at radius 2 is 1.80 bits per heavy atom. The molecule has 208 valence electrons. The second-order valence-electron chi connectivity index (χ2n) is 9.95. The van der Waals surface area contributed by atoms with Crippen molar-refractivity contribution in [3.05, 3.63) is 117 Å². The molecule has 0 spiro atoms. The molecular formula is C29H27F3N4O4. The molecule has 0 radical (unpaired) electrons. The Balaban J connectivity index is 1.49. The minimum atomic E-state index is -1.17. The van der Waals surface area contributed by atoms with Crippen LogP contribution in [-0.2, 0) is 17.9 Å². The van der Waals surface area contributed by atoms with Crippen molar-refractivity contribution in [1.29, 1.82) is 0 Å². The highest BCUT2D eigenvalue weighted by Gasteiger charge is 2.42. The molecule has 5 rings (SSSR count). The summed E-state index contributed by atoms with van der Waals surface area (Å²) in [5.74, 6) is -4.74. The van der Waals surface area contributed by atoms with Gasteiger partial charge in [-0.1, -0.05) is 42.5 Å². The first kappa shape index (κ1) is 27.2. The third-order valence-corrected chi connectivity index (χ3v) is 7.18. The fourth-order valence-electron chi connectivity index (χ4n) is 4.81. The van der Waals surface area contributed by atoms with Crippen molar-refractivity contribution in [2.24, 2.45) is 0 Å². The number of fused-ring (bicyclic) bond motifs is 4. The van der Waals surface area contributed by atoms with E-state index in [1.54, 1.807) is 9.91 Å². The molecule has 2 aliphatic heterocycles. The maximum atomic E-state index is 14.1. The topological polar surface area (TPSA) is 83.9 Å². The van der Waals surface area contributed by atoms with Crippen LogP contribution in [0, 0.1) is 17.5 Å². The predicted molar refractivity (Wildman–Crippen MR) is 140 cm³/mol. The summed E-state index contributed by atoms with van der Waals surface area (Å²) in [6, 6.07) is 11.4. The van der Waals surface area contributed by atoms with Crippen molar-refractivity contribution < 1.29 is 27.5 Å². The number of nitrogens with zero attached hydrogens (tertiary/aromatic N) is 3. The third-order valence-electron chi connectivity index (χ3n) is 7.18. The number of hydrogen-bond donors (Lipinski definition) is 1. The van der Waals surface area contributed by atoms with Crippen molar-refractivity contribution in [2.45, 2.75) is 45.2 Å². The largest absolute Gasteiger partial charge is 0.349 e. The predicted octanol–water partition coefficient (Wildman–Crippen LogP) is 3.83. The number of halogens is 3. The lowest BCUT2D eigenvalue weighted by molar-refractivity contribution is -0.0697. The van der Waals surface area contributed by atoms with Crippen LogP contribution in [0.15, 0.2) is 71.7 Å². The van der Waals surface area contributed by atoms with Gasteiger partial charge in [0.25, 0.3) is 11.8 Å². The zero-order valence-electron chi connectivity index (χ0n) is 21.9. The summed E-state index contributed by atoms with van der Waals surface area (Å²) < 4.78 is 49.2. The van der Waals surface area contributed by atoms with Gasteiger partial charge < -0.3 is 15.0 Å². The fraction of sp³-hybridized carbons (Fsp3) is 0.276. The van der Waals surface area contributed by atoms with Crippen molar-refractivity contribution in [3.8, 4) is 0 Å². The average Bonchev–Trinajstić information content (AvgIpc) is 2.91. The van der Waals surface area contributed by atoms with Crippen molar-refractivity contribution in [1.82, 2.24) is 14.9 Å². The van der Waals surface area contributed by atoms with Gasteiger partial charge in [-0.3, -0.25) is 24.1 Å². The third kappa shape index (κ3) is 5.12. The minimum Gasteiger partial charge on any atom is -0.349 e. The number of pyridine rings is 1. The molecule has 0 aliphatic carbocycles. The Bertz CT molecular complexity index is 1540. The summed E-state index contributed by atoms with van der Waals surface area (Å²) in [5, 5.41) is 4.08. The van der Waals surface area contributed by atoms with Gasteiger partial charge in [-0.05, 0) is 19.4 Å². The van der Waals surface area contributed by atoms with Crippen LogP contribution in [0.5, 0.6) is 0 Å². The molecule has 3 heterocycles. The molecule has 0 saturated heterocycles. The molecule has 2 aliphatic rings. The number of ether oxygens (including phenoxy) is 1. The first-order chi connectivity index (χ1) is 19.1. The first-order valence-electron chi connectivity index (χ1n) is 12.7. The Morgan fingerprint density at radius 1 is 1.10 bits per heavy atom. The zero-order chi connectivity index (χ0) is 28.6. The summed E-state index contributed by atoms with van der Waals surface area (Å²) in [7, 11) is 0. The van der Waals surface area contributed by atoms with Gasteiger partial charge in [0.15, 0.2) is 11.2 Å². The van der Waals surface area contributed by atoms with Gasteiger partial charge in [-0.2, -0.15) is 0 Å². The number of nitrogens with one attached hydrogen (secondary N) is 1. The van der Waals surface area contributed by atoms with E-state index in [0.717, 1.165) is 11.6 Å². The number of rotatable bonds is 6. The second kappa shape index (κ2) is 10.6. The van der Waals surface area contributed by atoms with E-state index in [9.17, 15) is 27.6 Å². The highest BCUT2D eigenvalue weighted by Crippen LogP contribution is 2.30. The van der Waals surface area contributed by atoms with Crippen LogP contribution >= 0.6 is 0 Å². The SMILES string of the molecule is CC1C=CCC(C)(OCc2ccccc2)N2CN1C(=O)c1cc(=O)c(C(=O)NCc3c(F)cc(F)cc3F)cn12. The summed E-state index contributed by atoms with van der Waals surface area (Å²) in [6.45, 7) is 3.48. The number of aromatic nitrogens is 1. The van der Waals surface area contributed by atoms with E-state index in [0.29, 0.717) is 18.6 Å².